The van der Waals surface area contributed by atoms with Gasteiger partial charge in [0.25, 0.3) is 0 Å². The van der Waals surface area contributed by atoms with Gasteiger partial charge in [-0.05, 0) is 150 Å². The Morgan fingerprint density at radius 3 is 2.40 bits per heavy atom. The summed E-state index contributed by atoms with van der Waals surface area (Å²) in [6, 6.07) is 9.16. The van der Waals surface area contributed by atoms with Crippen molar-refractivity contribution < 1.29 is 0 Å². The Labute approximate surface area is 333 Å². The third-order valence-electron chi connectivity index (χ3n) is 13.3. The number of nitrogens with zero attached hydrogens (tertiary/aromatic N) is 1. The highest BCUT2D eigenvalue weighted by atomic mass is 32.1. The van der Waals surface area contributed by atoms with Gasteiger partial charge in [0.2, 0.25) is 0 Å². The number of hydrogen-bond donors (Lipinski definition) is 0. The van der Waals surface area contributed by atoms with Crippen molar-refractivity contribution in [3.63, 3.8) is 0 Å². The van der Waals surface area contributed by atoms with E-state index in [0.29, 0.717) is 23.8 Å². The molecule has 11 rings (SSSR count). The van der Waals surface area contributed by atoms with E-state index in [9.17, 15) is 0 Å². The van der Waals surface area contributed by atoms with Gasteiger partial charge in [-0.25, -0.2) is 0 Å². The summed E-state index contributed by atoms with van der Waals surface area (Å²) in [7, 11) is 0. The second-order valence-electron chi connectivity index (χ2n) is 16.5. The van der Waals surface area contributed by atoms with Crippen molar-refractivity contribution in [2.75, 3.05) is 0 Å². The average Bonchev–Trinajstić information content (AvgIpc) is 3.83. The lowest BCUT2D eigenvalue weighted by Gasteiger charge is -2.38. The van der Waals surface area contributed by atoms with Crippen LogP contribution in [0.15, 0.2) is 108 Å². The van der Waals surface area contributed by atoms with Gasteiger partial charge in [0, 0.05) is 31.6 Å². The molecule has 1 nitrogen and oxygen atoms in total. The minimum atomic E-state index is 0.293. The van der Waals surface area contributed by atoms with E-state index in [2.05, 4.69) is 144 Å². The summed E-state index contributed by atoms with van der Waals surface area (Å²) in [5.41, 5.74) is 10.5. The monoisotopic (exact) mass is 751 g/mol. The summed E-state index contributed by atoms with van der Waals surface area (Å²) in [6.45, 7) is 0. The lowest BCUT2D eigenvalue weighted by molar-refractivity contribution is 0.393. The molecule has 0 amide bonds. The van der Waals surface area contributed by atoms with E-state index in [0.717, 1.165) is 64.2 Å². The van der Waals surface area contributed by atoms with Gasteiger partial charge in [-0.1, -0.05) is 115 Å². The molecule has 0 aliphatic heterocycles. The number of hydrogen-bond acceptors (Lipinski definition) is 3. The van der Waals surface area contributed by atoms with Crippen LogP contribution in [-0.2, 0) is 12.8 Å². The van der Waals surface area contributed by atoms with E-state index < -0.39 is 0 Å². The molecule has 8 aliphatic carbocycles. The van der Waals surface area contributed by atoms with Crippen LogP contribution in [0.3, 0.4) is 0 Å². The van der Waals surface area contributed by atoms with Crippen molar-refractivity contribution in [3.8, 4) is 0 Å². The molecule has 3 heteroatoms. The quantitative estimate of drug-likeness (QED) is 0.244. The van der Waals surface area contributed by atoms with Gasteiger partial charge in [0.15, 0.2) is 0 Å². The average molecular weight is 752 g/mol. The zero-order valence-corrected chi connectivity index (χ0v) is 33.3. The molecule has 0 bridgehead atoms. The predicted molar refractivity (Wildman–Crippen MR) is 237 cm³/mol. The Morgan fingerprint density at radius 2 is 1.49 bits per heavy atom. The number of fused-ring (bicyclic) bond motifs is 7. The van der Waals surface area contributed by atoms with Crippen LogP contribution < -0.4 is 29.9 Å². The maximum absolute atomic E-state index is 2.81. The highest BCUT2D eigenvalue weighted by molar-refractivity contribution is 7.11. The highest BCUT2D eigenvalue weighted by Crippen LogP contribution is 2.39. The number of rotatable bonds is 6. The lowest BCUT2D eigenvalue weighted by Crippen LogP contribution is -2.40. The molecule has 0 spiro atoms. The van der Waals surface area contributed by atoms with E-state index in [-0.39, 0.29) is 0 Å². The first-order valence-corrected chi connectivity index (χ1v) is 22.6. The highest BCUT2D eigenvalue weighted by Gasteiger charge is 2.31. The molecule has 1 aromatic carbocycles. The van der Waals surface area contributed by atoms with Crippen LogP contribution in [0.2, 0.25) is 0 Å². The molecule has 0 fully saturated rings. The van der Waals surface area contributed by atoms with Crippen molar-refractivity contribution in [2.24, 2.45) is 17.8 Å². The van der Waals surface area contributed by atoms with Crippen LogP contribution in [-0.4, -0.2) is 10.9 Å². The van der Waals surface area contributed by atoms with E-state index in [1.807, 2.05) is 11.3 Å². The fourth-order valence-electron chi connectivity index (χ4n) is 10.5. The van der Waals surface area contributed by atoms with Gasteiger partial charge in [0.1, 0.15) is 0 Å². The Bertz CT molecular complexity index is 2740. The molecule has 0 N–H and O–H groups in total. The summed E-state index contributed by atoms with van der Waals surface area (Å²) in [5.74, 6) is 1.48. The fourth-order valence-corrected chi connectivity index (χ4v) is 13.2. The zero-order valence-electron chi connectivity index (χ0n) is 31.7. The van der Waals surface area contributed by atoms with Gasteiger partial charge >= 0.3 is 0 Å². The Hall–Kier alpha value is -4.44. The predicted octanol–water partition coefficient (Wildman–Crippen LogP) is 8.64. The third kappa shape index (κ3) is 6.10. The molecule has 4 atom stereocenters. The summed E-state index contributed by atoms with van der Waals surface area (Å²) in [5, 5.41) is 5.84. The van der Waals surface area contributed by atoms with Crippen LogP contribution in [0.1, 0.15) is 85.1 Å². The number of allylic oxidation sites excluding steroid dienone is 12. The zero-order chi connectivity index (χ0) is 36.3. The molecule has 274 valence electrons. The Kier molecular flexibility index (Phi) is 8.77. The first-order chi connectivity index (χ1) is 27.2. The molecule has 4 unspecified atom stereocenters. The summed E-state index contributed by atoms with van der Waals surface area (Å²) in [6.07, 6.45) is 56.0. The summed E-state index contributed by atoms with van der Waals surface area (Å²) >= 11 is 4.09. The molecule has 2 aromatic heterocycles. The lowest BCUT2D eigenvalue weighted by atomic mass is 9.81. The first kappa shape index (κ1) is 33.9. The smallest absolute Gasteiger partial charge is 0.0557 e. The number of benzene rings is 1. The normalized spacial score (nSPS) is 25.8. The van der Waals surface area contributed by atoms with E-state index in [1.165, 1.54) is 69.7 Å². The van der Waals surface area contributed by atoms with Crippen molar-refractivity contribution in [1.82, 2.24) is 4.90 Å². The van der Waals surface area contributed by atoms with Crippen LogP contribution in [0.5, 0.6) is 0 Å². The van der Waals surface area contributed by atoms with Gasteiger partial charge in [0.05, 0.1) is 10.6 Å². The van der Waals surface area contributed by atoms with Gasteiger partial charge in [-0.2, -0.15) is 0 Å². The second kappa shape index (κ2) is 14.3. The molecule has 2 heterocycles. The van der Waals surface area contributed by atoms with Crippen molar-refractivity contribution in [3.05, 3.63) is 159 Å². The van der Waals surface area contributed by atoms with Crippen molar-refractivity contribution in [1.29, 1.82) is 0 Å². The summed E-state index contributed by atoms with van der Waals surface area (Å²) in [4.78, 5) is 5.83. The maximum Gasteiger partial charge on any atom is 0.0557 e. The van der Waals surface area contributed by atoms with Gasteiger partial charge in [-0.3, -0.25) is 0 Å². The molecule has 3 aromatic rings. The third-order valence-corrected chi connectivity index (χ3v) is 15.8. The van der Waals surface area contributed by atoms with E-state index >= 15 is 0 Å². The number of thiophene rings is 2. The Balaban J connectivity index is 0.996. The minimum Gasteiger partial charge on any atom is -0.337 e. The molecule has 55 heavy (non-hydrogen) atoms. The molecule has 0 radical (unpaired) electrons. The standard InChI is InChI=1S/C52H49NS2/c1-2-12-36(13-3-1)43-18-9-19-45-46-20-10-21-48(52(46)55-51(43)45)53(41-28-25-35(26-29-41)39-24-23-34-11-4-5-14-37(34)31-39)42-16-8-15-38(32-42)40-27-30-50-47(33-40)44-17-6-7-22-49(44)54-50/h2,4-5,7-8,11-14,16,18,20,22-23,25-26,28,30-33,38-41H,1,3,6,9-10,15,17,19,21,24,27,29H2. The Morgan fingerprint density at radius 1 is 0.600 bits per heavy atom. The summed E-state index contributed by atoms with van der Waals surface area (Å²) < 4.78 is 3.03. The molecule has 0 saturated carbocycles. The molecular formula is C52H49NS2. The van der Waals surface area contributed by atoms with E-state index in [4.69, 9.17) is 0 Å². The first-order valence-electron chi connectivity index (χ1n) is 21.0. The topological polar surface area (TPSA) is 3.24 Å². The van der Waals surface area contributed by atoms with Crippen LogP contribution in [0.4, 0.5) is 0 Å². The second-order valence-corrected chi connectivity index (χ2v) is 18.6. The fraction of sp³-hybridized carbons (Fsp3) is 0.308. The van der Waals surface area contributed by atoms with Crippen molar-refractivity contribution >= 4 is 70.4 Å². The molecule has 0 saturated heterocycles. The van der Waals surface area contributed by atoms with Crippen LogP contribution in [0.25, 0.3) is 47.7 Å². The van der Waals surface area contributed by atoms with E-state index in [1.54, 1.807) is 22.0 Å². The van der Waals surface area contributed by atoms with Crippen LogP contribution >= 0.6 is 22.7 Å². The van der Waals surface area contributed by atoms with Crippen molar-refractivity contribution in [2.45, 2.75) is 83.1 Å². The van der Waals surface area contributed by atoms with Gasteiger partial charge in [-0.15, -0.1) is 22.7 Å². The molecule has 8 aliphatic rings. The minimum absolute atomic E-state index is 0.293. The largest absolute Gasteiger partial charge is 0.337 e. The molecular weight excluding hydrogens is 703 g/mol. The SMILES string of the molecule is C1=CC(C2=CCCc3c2sc2c3=CCCC=2N(C2=CC(C3C=c4c5c(sc4=CC3)C=CCC5)CC=C2)C2C=CC(C3C=c4ccccc4=CC3)=CC2)=CCC1. The van der Waals surface area contributed by atoms with Crippen LogP contribution in [0, 0.1) is 17.8 Å². The maximum atomic E-state index is 2.81. The van der Waals surface area contributed by atoms with Gasteiger partial charge < -0.3 is 4.90 Å².